The van der Waals surface area contributed by atoms with Gasteiger partial charge in [-0.05, 0) is 79.2 Å². The summed E-state index contributed by atoms with van der Waals surface area (Å²) in [5.74, 6) is 1.93. The minimum absolute atomic E-state index is 0.468. The van der Waals surface area contributed by atoms with Crippen LogP contribution in [0.1, 0.15) is 49.7 Å². The Bertz CT molecular complexity index is 554. The predicted octanol–water partition coefficient (Wildman–Crippen LogP) is 3.68. The number of nitrogens with one attached hydrogen (secondary N) is 1. The molecular formula is C19H27NO. The summed E-state index contributed by atoms with van der Waals surface area (Å²) in [7, 11) is 3.91. The Morgan fingerprint density at radius 2 is 2.14 bits per heavy atom. The number of fused-ring (bicyclic) bond motifs is 3. The third-order valence-corrected chi connectivity index (χ3v) is 6.71. The van der Waals surface area contributed by atoms with Crippen LogP contribution in [0, 0.1) is 11.3 Å². The molecule has 1 N–H and O–H groups in total. The summed E-state index contributed by atoms with van der Waals surface area (Å²) >= 11 is 0. The van der Waals surface area contributed by atoms with E-state index in [4.69, 9.17) is 4.74 Å². The standard InChI is InChI=1S/C19H27NO/c1-20-13-18-9-3-4-10-19(12-18)16-11-15(21-2)7-5-14(16)6-8-17(18)19/h5,7,11,17,20H,3-4,6,8-10,12-13H2,1-2H3/t17-,18?,19+/m0/s1. The fourth-order valence-corrected chi connectivity index (χ4v) is 6.06. The molecule has 2 nitrogen and oxygen atoms in total. The van der Waals surface area contributed by atoms with Gasteiger partial charge in [0.15, 0.2) is 0 Å². The summed E-state index contributed by atoms with van der Waals surface area (Å²) in [5.41, 5.74) is 4.26. The van der Waals surface area contributed by atoms with E-state index in [1.54, 1.807) is 18.2 Å². The lowest BCUT2D eigenvalue weighted by molar-refractivity contribution is -0.0789. The molecule has 4 rings (SSSR count). The monoisotopic (exact) mass is 285 g/mol. The molecule has 1 aromatic rings. The maximum absolute atomic E-state index is 5.51. The van der Waals surface area contributed by atoms with Gasteiger partial charge in [0.25, 0.3) is 0 Å². The van der Waals surface area contributed by atoms with Crippen LogP contribution in [0.25, 0.3) is 0 Å². The largest absolute Gasteiger partial charge is 0.497 e. The number of benzene rings is 1. The van der Waals surface area contributed by atoms with E-state index in [1.165, 1.54) is 51.5 Å². The highest BCUT2D eigenvalue weighted by Gasteiger charge is 2.64. The molecule has 2 bridgehead atoms. The summed E-state index contributed by atoms with van der Waals surface area (Å²) < 4.78 is 5.51. The molecule has 0 saturated heterocycles. The molecule has 1 unspecified atom stereocenters. The Morgan fingerprint density at radius 1 is 1.29 bits per heavy atom. The minimum Gasteiger partial charge on any atom is -0.497 e. The van der Waals surface area contributed by atoms with Gasteiger partial charge in [-0.2, -0.15) is 0 Å². The number of rotatable bonds is 3. The smallest absolute Gasteiger partial charge is 0.119 e. The fraction of sp³-hybridized carbons (Fsp3) is 0.684. The van der Waals surface area contributed by atoms with Gasteiger partial charge in [0.1, 0.15) is 5.75 Å². The van der Waals surface area contributed by atoms with Gasteiger partial charge in [-0.3, -0.25) is 0 Å². The van der Waals surface area contributed by atoms with E-state index in [2.05, 4.69) is 30.6 Å². The molecule has 0 amide bonds. The first-order chi connectivity index (χ1) is 10.2. The molecule has 0 heterocycles. The zero-order valence-corrected chi connectivity index (χ0v) is 13.4. The van der Waals surface area contributed by atoms with Crippen LogP contribution in [0.15, 0.2) is 18.2 Å². The molecule has 3 aliphatic carbocycles. The highest BCUT2D eigenvalue weighted by molar-refractivity contribution is 5.47. The van der Waals surface area contributed by atoms with E-state index in [9.17, 15) is 0 Å². The molecule has 1 spiro atoms. The van der Waals surface area contributed by atoms with Crippen LogP contribution < -0.4 is 10.1 Å². The molecule has 3 atom stereocenters. The molecule has 114 valence electrons. The molecule has 2 heteroatoms. The summed E-state index contributed by atoms with van der Waals surface area (Å²) in [5, 5.41) is 3.50. The predicted molar refractivity (Wildman–Crippen MR) is 85.9 cm³/mol. The molecule has 0 aliphatic heterocycles. The second-order valence-electron chi connectivity index (χ2n) is 7.55. The number of hydrogen-bond acceptors (Lipinski definition) is 2. The van der Waals surface area contributed by atoms with E-state index in [0.717, 1.165) is 11.7 Å². The van der Waals surface area contributed by atoms with Crippen molar-refractivity contribution in [2.75, 3.05) is 20.7 Å². The Balaban J connectivity index is 1.79. The van der Waals surface area contributed by atoms with Crippen molar-refractivity contribution >= 4 is 0 Å². The normalized spacial score (nSPS) is 37.0. The first-order valence-electron chi connectivity index (χ1n) is 8.56. The first-order valence-corrected chi connectivity index (χ1v) is 8.56. The summed E-state index contributed by atoms with van der Waals surface area (Å²) in [6, 6.07) is 6.82. The molecule has 0 aromatic heterocycles. The highest BCUT2D eigenvalue weighted by atomic mass is 16.5. The number of hydrogen-bond donors (Lipinski definition) is 1. The van der Waals surface area contributed by atoms with Crippen molar-refractivity contribution in [2.24, 2.45) is 11.3 Å². The van der Waals surface area contributed by atoms with Gasteiger partial charge in [0.2, 0.25) is 0 Å². The lowest BCUT2D eigenvalue weighted by Gasteiger charge is -2.65. The van der Waals surface area contributed by atoms with Crippen molar-refractivity contribution in [3.8, 4) is 5.75 Å². The molecule has 2 saturated carbocycles. The molecule has 3 aliphatic rings. The van der Waals surface area contributed by atoms with Crippen LogP contribution in [0.5, 0.6) is 5.75 Å². The van der Waals surface area contributed by atoms with Gasteiger partial charge in [0, 0.05) is 6.54 Å². The van der Waals surface area contributed by atoms with Crippen molar-refractivity contribution in [1.82, 2.24) is 5.32 Å². The van der Waals surface area contributed by atoms with Gasteiger partial charge in [-0.15, -0.1) is 0 Å². The summed E-state index contributed by atoms with van der Waals surface area (Å²) in [4.78, 5) is 0. The van der Waals surface area contributed by atoms with Crippen molar-refractivity contribution in [3.05, 3.63) is 29.3 Å². The quantitative estimate of drug-likeness (QED) is 0.914. The van der Waals surface area contributed by atoms with E-state index in [1.807, 2.05) is 0 Å². The van der Waals surface area contributed by atoms with Crippen LogP contribution in [0.2, 0.25) is 0 Å². The number of methoxy groups -OCH3 is 1. The van der Waals surface area contributed by atoms with Crippen molar-refractivity contribution in [2.45, 2.75) is 50.4 Å². The van der Waals surface area contributed by atoms with E-state index in [-0.39, 0.29) is 0 Å². The van der Waals surface area contributed by atoms with Crippen molar-refractivity contribution in [3.63, 3.8) is 0 Å². The average Bonchev–Trinajstić information content (AvgIpc) is 2.77. The van der Waals surface area contributed by atoms with Crippen LogP contribution in [0.3, 0.4) is 0 Å². The summed E-state index contributed by atoms with van der Waals surface area (Å²) in [6.45, 7) is 1.21. The lowest BCUT2D eigenvalue weighted by atomic mass is 9.39. The SMILES string of the molecule is CNCC12CCCC[C@@]3(C1)c1cc(OC)ccc1CC[C@@H]23. The van der Waals surface area contributed by atoms with Crippen molar-refractivity contribution < 1.29 is 4.74 Å². The van der Waals surface area contributed by atoms with Gasteiger partial charge < -0.3 is 10.1 Å². The van der Waals surface area contributed by atoms with Crippen LogP contribution in [0.4, 0.5) is 0 Å². The molecule has 2 fully saturated rings. The van der Waals surface area contributed by atoms with E-state index in [0.29, 0.717) is 10.8 Å². The molecular weight excluding hydrogens is 258 g/mol. The highest BCUT2D eigenvalue weighted by Crippen LogP contribution is 2.69. The summed E-state index contributed by atoms with van der Waals surface area (Å²) in [6.07, 6.45) is 9.69. The van der Waals surface area contributed by atoms with Crippen LogP contribution >= 0.6 is 0 Å². The van der Waals surface area contributed by atoms with Gasteiger partial charge >= 0.3 is 0 Å². The zero-order valence-electron chi connectivity index (χ0n) is 13.4. The Labute approximate surface area is 128 Å². The van der Waals surface area contributed by atoms with Gasteiger partial charge in [0.05, 0.1) is 7.11 Å². The molecule has 0 radical (unpaired) electrons. The maximum Gasteiger partial charge on any atom is 0.119 e. The molecule has 21 heavy (non-hydrogen) atoms. The Kier molecular flexibility index (Phi) is 3.08. The Morgan fingerprint density at radius 3 is 2.95 bits per heavy atom. The van der Waals surface area contributed by atoms with Crippen LogP contribution in [-0.2, 0) is 11.8 Å². The Hall–Kier alpha value is -1.02. The number of ether oxygens (including phenoxy) is 1. The second-order valence-corrected chi connectivity index (χ2v) is 7.55. The second kappa shape index (κ2) is 4.74. The number of aryl methyl sites for hydroxylation is 1. The maximum atomic E-state index is 5.51. The topological polar surface area (TPSA) is 21.3 Å². The lowest BCUT2D eigenvalue weighted by Crippen LogP contribution is -2.62. The third-order valence-electron chi connectivity index (χ3n) is 6.71. The fourth-order valence-electron chi connectivity index (χ4n) is 6.06. The third kappa shape index (κ3) is 1.75. The van der Waals surface area contributed by atoms with E-state index < -0.39 is 0 Å². The van der Waals surface area contributed by atoms with Gasteiger partial charge in [-0.25, -0.2) is 0 Å². The van der Waals surface area contributed by atoms with Crippen LogP contribution in [-0.4, -0.2) is 20.7 Å². The minimum atomic E-state index is 0.468. The average molecular weight is 285 g/mol. The molecule has 1 aromatic carbocycles. The van der Waals surface area contributed by atoms with Crippen molar-refractivity contribution in [1.29, 1.82) is 0 Å². The van der Waals surface area contributed by atoms with E-state index >= 15 is 0 Å². The first kappa shape index (κ1) is 13.6. The zero-order chi connectivity index (χ0) is 14.5. The van der Waals surface area contributed by atoms with Gasteiger partial charge in [-0.1, -0.05) is 18.9 Å².